The maximum atomic E-state index is 12.6. The zero-order valence-corrected chi connectivity index (χ0v) is 14.6. The number of amides is 1. The molecule has 0 aliphatic heterocycles. The number of rotatable bonds is 2. The quantitative estimate of drug-likeness (QED) is 0.804. The molecule has 3 N–H and O–H groups in total. The molecule has 0 fully saturated rings. The van der Waals surface area contributed by atoms with E-state index in [2.05, 4.69) is 17.4 Å². The molecule has 4 rings (SSSR count). The zero-order valence-electron chi connectivity index (χ0n) is 12.9. The summed E-state index contributed by atoms with van der Waals surface area (Å²) in [6, 6.07) is 8.27. The minimum atomic E-state index is 0. The molecule has 122 valence electrons. The Kier molecular flexibility index (Phi) is 4.64. The van der Waals surface area contributed by atoms with Crippen LogP contribution in [0.5, 0.6) is 0 Å². The van der Waals surface area contributed by atoms with Crippen molar-refractivity contribution in [2.24, 2.45) is 0 Å². The lowest BCUT2D eigenvalue weighted by Gasteiger charge is -2.26. The van der Waals surface area contributed by atoms with Crippen LogP contribution in [-0.4, -0.2) is 5.91 Å². The second-order valence-corrected chi connectivity index (χ2v) is 7.43. The first-order chi connectivity index (χ1) is 10.7. The van der Waals surface area contributed by atoms with Gasteiger partial charge in [0.15, 0.2) is 0 Å². The van der Waals surface area contributed by atoms with E-state index in [1.807, 2.05) is 12.1 Å². The molecule has 0 spiro atoms. The third-order valence-corrected chi connectivity index (χ3v) is 5.99. The Labute approximate surface area is 146 Å². The summed E-state index contributed by atoms with van der Waals surface area (Å²) in [4.78, 5) is 14.8. The molecule has 5 heteroatoms. The lowest BCUT2D eigenvalue weighted by atomic mass is 9.87. The van der Waals surface area contributed by atoms with Crippen LogP contribution in [0.3, 0.4) is 0 Å². The van der Waals surface area contributed by atoms with E-state index < -0.39 is 0 Å². The van der Waals surface area contributed by atoms with Crippen LogP contribution in [0, 0.1) is 0 Å². The number of nitrogens with two attached hydrogens (primary N) is 1. The highest BCUT2D eigenvalue weighted by atomic mass is 35.5. The molecule has 23 heavy (non-hydrogen) atoms. The van der Waals surface area contributed by atoms with Gasteiger partial charge in [-0.1, -0.05) is 6.07 Å². The summed E-state index contributed by atoms with van der Waals surface area (Å²) in [6.45, 7) is 0. The van der Waals surface area contributed by atoms with Gasteiger partial charge in [0, 0.05) is 10.6 Å². The summed E-state index contributed by atoms with van der Waals surface area (Å²) >= 11 is 1.67. The molecule has 0 saturated heterocycles. The second kappa shape index (κ2) is 6.54. The molecule has 2 aliphatic rings. The highest BCUT2D eigenvalue weighted by molar-refractivity contribution is 7.14. The van der Waals surface area contributed by atoms with E-state index in [9.17, 15) is 4.79 Å². The van der Waals surface area contributed by atoms with E-state index in [0.29, 0.717) is 0 Å². The number of thiophene rings is 1. The molecule has 2 aromatic rings. The van der Waals surface area contributed by atoms with Gasteiger partial charge in [-0.15, -0.1) is 23.7 Å². The number of nitrogen functional groups attached to an aromatic ring is 1. The van der Waals surface area contributed by atoms with Gasteiger partial charge >= 0.3 is 0 Å². The van der Waals surface area contributed by atoms with Gasteiger partial charge in [-0.05, 0) is 73.4 Å². The van der Waals surface area contributed by atoms with Crippen molar-refractivity contribution in [3.63, 3.8) is 0 Å². The molecule has 1 aromatic carbocycles. The number of halogens is 1. The van der Waals surface area contributed by atoms with Crippen molar-refractivity contribution in [1.29, 1.82) is 0 Å². The lowest BCUT2D eigenvalue weighted by Crippen LogP contribution is -2.30. The topological polar surface area (TPSA) is 55.1 Å². The average Bonchev–Trinajstić information content (AvgIpc) is 3.08. The number of fused-ring (bicyclic) bond motifs is 2. The molecule has 0 bridgehead atoms. The number of hydrogen-bond acceptors (Lipinski definition) is 3. The summed E-state index contributed by atoms with van der Waals surface area (Å²) in [5.74, 6) is 0.0778. The summed E-state index contributed by atoms with van der Waals surface area (Å²) in [7, 11) is 0. The maximum absolute atomic E-state index is 12.6. The van der Waals surface area contributed by atoms with Gasteiger partial charge in [-0.25, -0.2) is 0 Å². The van der Waals surface area contributed by atoms with E-state index in [1.54, 1.807) is 11.3 Å². The van der Waals surface area contributed by atoms with Crippen LogP contribution in [-0.2, 0) is 19.3 Å². The Hall–Kier alpha value is -1.52. The Morgan fingerprint density at radius 3 is 2.78 bits per heavy atom. The third kappa shape index (κ3) is 3.10. The molecule has 1 aromatic heterocycles. The van der Waals surface area contributed by atoms with Crippen LogP contribution >= 0.6 is 23.7 Å². The largest absolute Gasteiger partial charge is 0.399 e. The van der Waals surface area contributed by atoms with E-state index in [1.165, 1.54) is 28.0 Å². The minimum Gasteiger partial charge on any atom is -0.399 e. The molecule has 2 aliphatic carbocycles. The standard InChI is InChI=1S/C18H20N2OS.ClH/c19-13-7-8-14-11(9-13)3-1-5-15(14)20-18(21)17-10-12-4-2-6-16(12)22-17;/h7-10,15H,1-6,19H2,(H,20,21);1H. The van der Waals surface area contributed by atoms with Gasteiger partial charge in [0.05, 0.1) is 10.9 Å². The Balaban J connectivity index is 0.00000156. The van der Waals surface area contributed by atoms with Gasteiger partial charge in [0.1, 0.15) is 0 Å². The van der Waals surface area contributed by atoms with Crippen molar-refractivity contribution in [2.45, 2.75) is 44.6 Å². The smallest absolute Gasteiger partial charge is 0.261 e. The normalized spacial score (nSPS) is 18.7. The van der Waals surface area contributed by atoms with Crippen molar-refractivity contribution in [3.05, 3.63) is 50.7 Å². The number of carbonyl (C=O) groups excluding carboxylic acids is 1. The molecule has 0 radical (unpaired) electrons. The predicted octanol–water partition coefficient (Wildman–Crippen LogP) is 4.05. The Bertz CT molecular complexity index is 719. The van der Waals surface area contributed by atoms with Gasteiger partial charge in [-0.2, -0.15) is 0 Å². The second-order valence-electron chi connectivity index (χ2n) is 6.29. The third-order valence-electron chi connectivity index (χ3n) is 4.76. The molecule has 3 nitrogen and oxygen atoms in total. The summed E-state index contributed by atoms with van der Waals surface area (Å²) in [5.41, 5.74) is 10.6. The average molecular weight is 349 g/mol. The van der Waals surface area contributed by atoms with Gasteiger partial charge < -0.3 is 11.1 Å². The van der Waals surface area contributed by atoms with Crippen molar-refractivity contribution in [3.8, 4) is 0 Å². The van der Waals surface area contributed by atoms with Crippen molar-refractivity contribution >= 4 is 35.3 Å². The van der Waals surface area contributed by atoms with Crippen molar-refractivity contribution in [2.75, 3.05) is 5.73 Å². The highest BCUT2D eigenvalue weighted by Gasteiger charge is 2.24. The van der Waals surface area contributed by atoms with Gasteiger partial charge in [-0.3, -0.25) is 4.79 Å². The predicted molar refractivity (Wildman–Crippen MR) is 97.6 cm³/mol. The first kappa shape index (κ1) is 16.3. The first-order valence-corrected chi connectivity index (χ1v) is 8.83. The van der Waals surface area contributed by atoms with Crippen LogP contribution in [0.4, 0.5) is 5.69 Å². The SMILES string of the molecule is Cl.Nc1ccc2c(c1)CCCC2NC(=O)c1cc2c(s1)CCC2. The van der Waals surface area contributed by atoms with Crippen LogP contribution < -0.4 is 11.1 Å². The monoisotopic (exact) mass is 348 g/mol. The van der Waals surface area contributed by atoms with E-state index in [0.717, 1.165) is 42.7 Å². The van der Waals surface area contributed by atoms with Crippen molar-refractivity contribution in [1.82, 2.24) is 5.32 Å². The van der Waals surface area contributed by atoms with Crippen LogP contribution in [0.15, 0.2) is 24.3 Å². The minimum absolute atomic E-state index is 0. The molecule has 1 unspecified atom stereocenters. The van der Waals surface area contributed by atoms with Crippen LogP contribution in [0.2, 0.25) is 0 Å². The number of benzene rings is 1. The van der Waals surface area contributed by atoms with Crippen LogP contribution in [0.1, 0.15) is 56.5 Å². The fraction of sp³-hybridized carbons (Fsp3) is 0.389. The van der Waals surface area contributed by atoms with Crippen LogP contribution in [0.25, 0.3) is 0 Å². The molecule has 0 saturated carbocycles. The maximum Gasteiger partial charge on any atom is 0.261 e. The number of nitrogens with one attached hydrogen (secondary N) is 1. The van der Waals surface area contributed by atoms with Gasteiger partial charge in [0.25, 0.3) is 5.91 Å². The lowest BCUT2D eigenvalue weighted by molar-refractivity contribution is 0.0937. The number of aryl methyl sites for hydroxylation is 3. The molecule has 1 amide bonds. The molecular weight excluding hydrogens is 328 g/mol. The highest BCUT2D eigenvalue weighted by Crippen LogP contribution is 2.33. The van der Waals surface area contributed by atoms with E-state index in [4.69, 9.17) is 5.73 Å². The fourth-order valence-electron chi connectivity index (χ4n) is 3.65. The summed E-state index contributed by atoms with van der Waals surface area (Å²) in [6.07, 6.45) is 6.67. The summed E-state index contributed by atoms with van der Waals surface area (Å²) < 4.78 is 0. The number of carbonyl (C=O) groups is 1. The van der Waals surface area contributed by atoms with E-state index >= 15 is 0 Å². The van der Waals surface area contributed by atoms with E-state index in [-0.39, 0.29) is 24.4 Å². The Morgan fingerprint density at radius 2 is 1.96 bits per heavy atom. The molecular formula is C18H21ClN2OS. The number of anilines is 1. The Morgan fingerprint density at radius 1 is 1.13 bits per heavy atom. The zero-order chi connectivity index (χ0) is 15.1. The molecule has 1 heterocycles. The van der Waals surface area contributed by atoms with Gasteiger partial charge in [0.2, 0.25) is 0 Å². The first-order valence-electron chi connectivity index (χ1n) is 8.01. The summed E-state index contributed by atoms with van der Waals surface area (Å²) in [5, 5.41) is 3.23. The fourth-order valence-corrected chi connectivity index (χ4v) is 4.81. The number of hydrogen-bond donors (Lipinski definition) is 2. The molecule has 1 atom stereocenters. The van der Waals surface area contributed by atoms with Crippen molar-refractivity contribution < 1.29 is 4.79 Å².